The second-order valence-corrected chi connectivity index (χ2v) is 7.87. The predicted molar refractivity (Wildman–Crippen MR) is 111 cm³/mol. The largest absolute Gasteiger partial charge is 0.443 e. The van der Waals surface area contributed by atoms with Crippen molar-refractivity contribution < 1.29 is 14.0 Å². The number of nitrogens with zero attached hydrogens (tertiary/aromatic N) is 2. The van der Waals surface area contributed by atoms with Gasteiger partial charge in [0.2, 0.25) is 11.8 Å². The fourth-order valence-corrected chi connectivity index (χ4v) is 3.98. The molecule has 1 aromatic carbocycles. The SMILES string of the molecule is O=C(NCc1coc(-c2cccs2)n1)[C@H]1CCCN(C(=O)Nc2ccccc2)C1. The van der Waals surface area contributed by atoms with Gasteiger partial charge in [0.1, 0.15) is 6.26 Å². The fourth-order valence-electron chi connectivity index (χ4n) is 3.32. The first kappa shape index (κ1) is 19.2. The highest BCUT2D eigenvalue weighted by molar-refractivity contribution is 7.13. The van der Waals surface area contributed by atoms with Crippen LogP contribution >= 0.6 is 11.3 Å². The molecule has 7 nitrogen and oxygen atoms in total. The van der Waals surface area contributed by atoms with E-state index >= 15 is 0 Å². The molecular weight excluding hydrogens is 388 g/mol. The van der Waals surface area contributed by atoms with Gasteiger partial charge in [0.05, 0.1) is 23.0 Å². The summed E-state index contributed by atoms with van der Waals surface area (Å²) >= 11 is 1.55. The number of nitrogens with one attached hydrogen (secondary N) is 2. The average molecular weight is 410 g/mol. The van der Waals surface area contributed by atoms with Crippen molar-refractivity contribution in [1.29, 1.82) is 0 Å². The van der Waals surface area contributed by atoms with Crippen LogP contribution in [-0.2, 0) is 11.3 Å². The molecule has 1 aliphatic rings. The molecule has 8 heteroatoms. The van der Waals surface area contributed by atoms with Crippen LogP contribution in [0.5, 0.6) is 0 Å². The van der Waals surface area contributed by atoms with Crippen molar-refractivity contribution in [3.05, 3.63) is 59.8 Å². The number of hydrogen-bond donors (Lipinski definition) is 2. The number of hydrogen-bond acceptors (Lipinski definition) is 5. The minimum absolute atomic E-state index is 0.0668. The highest BCUT2D eigenvalue weighted by Crippen LogP contribution is 2.24. The van der Waals surface area contributed by atoms with Gasteiger partial charge in [-0.15, -0.1) is 11.3 Å². The van der Waals surface area contributed by atoms with E-state index in [-0.39, 0.29) is 17.9 Å². The van der Waals surface area contributed by atoms with E-state index in [1.807, 2.05) is 47.8 Å². The highest BCUT2D eigenvalue weighted by atomic mass is 32.1. The number of aromatic nitrogens is 1. The number of benzene rings is 1. The number of anilines is 1. The zero-order valence-electron chi connectivity index (χ0n) is 15.8. The molecular formula is C21H22N4O3S. The lowest BCUT2D eigenvalue weighted by atomic mass is 9.97. The quantitative estimate of drug-likeness (QED) is 0.666. The van der Waals surface area contributed by atoms with Gasteiger partial charge in [-0.25, -0.2) is 9.78 Å². The maximum Gasteiger partial charge on any atom is 0.321 e. The number of likely N-dealkylation sites (tertiary alicyclic amines) is 1. The summed E-state index contributed by atoms with van der Waals surface area (Å²) in [5.74, 6) is 0.266. The van der Waals surface area contributed by atoms with E-state index in [9.17, 15) is 9.59 Å². The predicted octanol–water partition coefficient (Wildman–Crippen LogP) is 3.96. The summed E-state index contributed by atoms with van der Waals surface area (Å²) in [5, 5.41) is 7.76. The zero-order valence-corrected chi connectivity index (χ0v) is 16.7. The Morgan fingerprint density at radius 1 is 1.21 bits per heavy atom. The van der Waals surface area contributed by atoms with Gasteiger partial charge in [-0.2, -0.15) is 0 Å². The molecule has 150 valence electrons. The van der Waals surface area contributed by atoms with Crippen molar-refractivity contribution in [2.75, 3.05) is 18.4 Å². The lowest BCUT2D eigenvalue weighted by molar-refractivity contribution is -0.126. The molecule has 3 heterocycles. The van der Waals surface area contributed by atoms with Crippen molar-refractivity contribution in [1.82, 2.24) is 15.2 Å². The summed E-state index contributed by atoms with van der Waals surface area (Å²) in [7, 11) is 0. The third-order valence-corrected chi connectivity index (χ3v) is 5.69. The topological polar surface area (TPSA) is 87.5 Å². The first-order chi connectivity index (χ1) is 14.2. The Bertz CT molecular complexity index is 955. The van der Waals surface area contributed by atoms with Crippen LogP contribution in [0.2, 0.25) is 0 Å². The van der Waals surface area contributed by atoms with Crippen LogP contribution in [-0.4, -0.2) is 34.9 Å². The molecule has 3 amide bonds. The number of carbonyl (C=O) groups is 2. The Morgan fingerprint density at radius 2 is 2.07 bits per heavy atom. The second-order valence-electron chi connectivity index (χ2n) is 6.92. The summed E-state index contributed by atoms with van der Waals surface area (Å²) in [6.45, 7) is 1.36. The van der Waals surface area contributed by atoms with Crippen molar-refractivity contribution >= 4 is 29.0 Å². The Hall–Kier alpha value is -3.13. The average Bonchev–Trinajstić information content (AvgIpc) is 3.45. The minimum atomic E-state index is -0.228. The number of urea groups is 1. The van der Waals surface area contributed by atoms with Crippen molar-refractivity contribution in [3.63, 3.8) is 0 Å². The lowest BCUT2D eigenvalue weighted by Crippen LogP contribution is -2.46. The first-order valence-corrected chi connectivity index (χ1v) is 10.4. The first-order valence-electron chi connectivity index (χ1n) is 9.56. The van der Waals surface area contributed by atoms with E-state index in [0.29, 0.717) is 31.2 Å². The maximum absolute atomic E-state index is 12.6. The molecule has 1 saturated heterocycles. The van der Waals surface area contributed by atoms with Crippen LogP contribution in [0.25, 0.3) is 10.8 Å². The van der Waals surface area contributed by atoms with Crippen molar-refractivity contribution in [2.24, 2.45) is 5.92 Å². The van der Waals surface area contributed by atoms with E-state index in [1.165, 1.54) is 0 Å². The molecule has 2 aromatic heterocycles. The zero-order chi connectivity index (χ0) is 20.1. The van der Waals surface area contributed by atoms with Gasteiger partial charge in [0, 0.05) is 18.8 Å². The molecule has 0 unspecified atom stereocenters. The molecule has 0 spiro atoms. The van der Waals surface area contributed by atoms with Gasteiger partial charge in [-0.3, -0.25) is 4.79 Å². The number of carbonyl (C=O) groups excluding carboxylic acids is 2. The van der Waals surface area contributed by atoms with Crippen molar-refractivity contribution in [3.8, 4) is 10.8 Å². The van der Waals surface area contributed by atoms with Gasteiger partial charge in [0.25, 0.3) is 0 Å². The van der Waals surface area contributed by atoms with Crippen LogP contribution in [0.1, 0.15) is 18.5 Å². The van der Waals surface area contributed by atoms with Gasteiger partial charge in [0.15, 0.2) is 0 Å². The number of para-hydroxylation sites is 1. The molecule has 0 bridgehead atoms. The number of rotatable bonds is 5. The summed E-state index contributed by atoms with van der Waals surface area (Å²) in [6.07, 6.45) is 3.13. The van der Waals surface area contributed by atoms with E-state index < -0.39 is 0 Å². The van der Waals surface area contributed by atoms with Crippen LogP contribution in [0.4, 0.5) is 10.5 Å². The number of thiophene rings is 1. The molecule has 1 atom stereocenters. The van der Waals surface area contributed by atoms with Crippen LogP contribution in [0, 0.1) is 5.92 Å². The summed E-state index contributed by atoms with van der Waals surface area (Å²) < 4.78 is 5.48. The van der Waals surface area contributed by atoms with Crippen LogP contribution in [0.3, 0.4) is 0 Å². The molecule has 1 fully saturated rings. The smallest absolute Gasteiger partial charge is 0.321 e. The number of amides is 3. The third kappa shape index (κ3) is 4.83. The molecule has 1 aliphatic heterocycles. The molecule has 0 radical (unpaired) electrons. The summed E-state index contributed by atoms with van der Waals surface area (Å²) in [4.78, 5) is 32.2. The Kier molecular flexibility index (Phi) is 5.90. The van der Waals surface area contributed by atoms with E-state index in [2.05, 4.69) is 15.6 Å². The molecule has 3 aromatic rings. The van der Waals surface area contributed by atoms with Crippen LogP contribution in [0.15, 0.2) is 58.5 Å². The number of oxazole rings is 1. The van der Waals surface area contributed by atoms with E-state index in [4.69, 9.17) is 4.42 Å². The molecule has 0 aliphatic carbocycles. The normalized spacial score (nSPS) is 16.4. The Labute approximate surface area is 172 Å². The standard InChI is InChI=1S/C21H22N4O3S/c26-19(22-12-17-14-28-20(23-17)18-9-5-11-29-18)15-6-4-10-25(13-15)21(27)24-16-7-2-1-3-8-16/h1-3,5,7-9,11,14-15H,4,6,10,12-13H2,(H,22,26)(H,24,27)/t15-/m0/s1. The van der Waals surface area contributed by atoms with Gasteiger partial charge in [-0.05, 0) is 36.4 Å². The van der Waals surface area contributed by atoms with Crippen LogP contribution < -0.4 is 10.6 Å². The summed E-state index contributed by atoms with van der Waals surface area (Å²) in [5.41, 5.74) is 1.42. The molecule has 0 saturated carbocycles. The third-order valence-electron chi connectivity index (χ3n) is 4.83. The monoisotopic (exact) mass is 410 g/mol. The number of piperidine rings is 1. The Morgan fingerprint density at radius 3 is 2.86 bits per heavy atom. The van der Waals surface area contributed by atoms with Gasteiger partial charge < -0.3 is 20.0 Å². The molecule has 29 heavy (non-hydrogen) atoms. The summed E-state index contributed by atoms with van der Waals surface area (Å²) in [6, 6.07) is 13.0. The maximum atomic E-state index is 12.6. The molecule has 2 N–H and O–H groups in total. The molecule has 4 rings (SSSR count). The highest BCUT2D eigenvalue weighted by Gasteiger charge is 2.28. The van der Waals surface area contributed by atoms with Gasteiger partial charge in [-0.1, -0.05) is 24.3 Å². The Balaban J connectivity index is 1.29. The lowest BCUT2D eigenvalue weighted by Gasteiger charge is -2.32. The van der Waals surface area contributed by atoms with E-state index in [1.54, 1.807) is 22.5 Å². The minimum Gasteiger partial charge on any atom is -0.443 e. The fraction of sp³-hybridized carbons (Fsp3) is 0.286. The van der Waals surface area contributed by atoms with Gasteiger partial charge >= 0.3 is 6.03 Å². The van der Waals surface area contributed by atoms with E-state index in [0.717, 1.165) is 23.4 Å². The van der Waals surface area contributed by atoms with Crippen molar-refractivity contribution in [2.45, 2.75) is 19.4 Å². The second kappa shape index (κ2) is 8.91.